The van der Waals surface area contributed by atoms with Crippen LogP contribution in [0.25, 0.3) is 0 Å². The first kappa shape index (κ1) is 19.4. The van der Waals surface area contributed by atoms with Gasteiger partial charge >= 0.3 is 0 Å². The molecule has 0 unspecified atom stereocenters. The Balaban J connectivity index is 1.48. The largest absolute Gasteiger partial charge is 0.357 e. The number of guanidine groups is 1. The lowest BCUT2D eigenvalue weighted by Crippen LogP contribution is -2.38. The van der Waals surface area contributed by atoms with Gasteiger partial charge in [0.25, 0.3) is 0 Å². The van der Waals surface area contributed by atoms with Crippen LogP contribution in [0.5, 0.6) is 0 Å². The molecule has 0 radical (unpaired) electrons. The van der Waals surface area contributed by atoms with E-state index in [2.05, 4.69) is 57.8 Å². The Morgan fingerprint density at radius 1 is 1.04 bits per heavy atom. The van der Waals surface area contributed by atoms with E-state index in [1.807, 2.05) is 12.3 Å². The van der Waals surface area contributed by atoms with Crippen molar-refractivity contribution in [1.82, 2.24) is 20.5 Å². The van der Waals surface area contributed by atoms with Gasteiger partial charge in [0.2, 0.25) is 0 Å². The van der Waals surface area contributed by atoms with Crippen LogP contribution in [0.15, 0.2) is 53.8 Å². The predicted molar refractivity (Wildman–Crippen MR) is 112 cm³/mol. The summed E-state index contributed by atoms with van der Waals surface area (Å²) in [7, 11) is 0. The highest BCUT2D eigenvalue weighted by molar-refractivity contribution is 5.79. The van der Waals surface area contributed by atoms with Gasteiger partial charge in [-0.05, 0) is 62.0 Å². The lowest BCUT2D eigenvalue weighted by Gasteiger charge is -2.14. The van der Waals surface area contributed by atoms with Crippen molar-refractivity contribution < 1.29 is 0 Å². The second-order valence-electron chi connectivity index (χ2n) is 7.03. The fourth-order valence-corrected chi connectivity index (χ4v) is 3.33. The predicted octanol–water partition coefficient (Wildman–Crippen LogP) is 2.98. The van der Waals surface area contributed by atoms with Gasteiger partial charge in [-0.2, -0.15) is 0 Å². The summed E-state index contributed by atoms with van der Waals surface area (Å²) in [5.74, 6) is 0.863. The van der Waals surface area contributed by atoms with Crippen molar-refractivity contribution >= 4 is 5.96 Å². The number of rotatable bonds is 8. The van der Waals surface area contributed by atoms with E-state index in [9.17, 15) is 0 Å². The maximum Gasteiger partial charge on any atom is 0.191 e. The molecule has 5 nitrogen and oxygen atoms in total. The Morgan fingerprint density at radius 3 is 2.52 bits per heavy atom. The molecule has 2 heterocycles. The molecule has 1 aromatic carbocycles. The van der Waals surface area contributed by atoms with Gasteiger partial charge in [0.15, 0.2) is 5.96 Å². The second-order valence-corrected chi connectivity index (χ2v) is 7.03. The van der Waals surface area contributed by atoms with Gasteiger partial charge in [-0.15, -0.1) is 0 Å². The normalized spacial score (nSPS) is 15.1. The van der Waals surface area contributed by atoms with Crippen LogP contribution in [0.3, 0.4) is 0 Å². The molecule has 0 amide bonds. The second kappa shape index (κ2) is 10.7. The van der Waals surface area contributed by atoms with Crippen molar-refractivity contribution in [1.29, 1.82) is 0 Å². The molecule has 1 aliphatic rings. The molecule has 2 N–H and O–H groups in total. The summed E-state index contributed by atoms with van der Waals surface area (Å²) in [5.41, 5.74) is 3.87. The van der Waals surface area contributed by atoms with Crippen LogP contribution in [-0.4, -0.2) is 42.0 Å². The zero-order valence-corrected chi connectivity index (χ0v) is 16.3. The van der Waals surface area contributed by atoms with Gasteiger partial charge in [0.1, 0.15) is 0 Å². The topological polar surface area (TPSA) is 52.6 Å². The summed E-state index contributed by atoms with van der Waals surface area (Å²) in [6.45, 7) is 8.02. The molecular weight excluding hydrogens is 334 g/mol. The maximum atomic E-state index is 4.72. The number of aliphatic imine (C=N–C) groups is 1. The molecule has 0 bridgehead atoms. The van der Waals surface area contributed by atoms with E-state index in [-0.39, 0.29) is 0 Å². The third kappa shape index (κ3) is 6.68. The fraction of sp³-hybridized carbons (Fsp3) is 0.455. The van der Waals surface area contributed by atoms with Gasteiger partial charge in [-0.25, -0.2) is 4.99 Å². The number of likely N-dealkylation sites (tertiary alicyclic amines) is 1. The summed E-state index contributed by atoms with van der Waals surface area (Å²) in [4.78, 5) is 11.4. The summed E-state index contributed by atoms with van der Waals surface area (Å²) in [5, 5.41) is 6.72. The number of pyridine rings is 1. The number of hydrogen-bond donors (Lipinski definition) is 2. The molecule has 3 rings (SSSR count). The van der Waals surface area contributed by atoms with Gasteiger partial charge in [0, 0.05) is 32.0 Å². The van der Waals surface area contributed by atoms with Crippen molar-refractivity contribution in [2.75, 3.05) is 26.2 Å². The Labute approximate surface area is 162 Å². The molecule has 5 heteroatoms. The summed E-state index contributed by atoms with van der Waals surface area (Å²) in [6, 6.07) is 13.0. The number of nitrogens with one attached hydrogen (secondary N) is 2. The Morgan fingerprint density at radius 2 is 1.81 bits per heavy atom. The SMILES string of the molecule is CCNC(=NCc1ccc(CN2CCCC2)cc1)NCCc1cccnc1. The minimum absolute atomic E-state index is 0.687. The minimum atomic E-state index is 0.687. The third-order valence-corrected chi connectivity index (χ3v) is 4.82. The number of benzene rings is 1. The van der Waals surface area contributed by atoms with Crippen LogP contribution in [0, 0.1) is 0 Å². The van der Waals surface area contributed by atoms with E-state index in [1.54, 1.807) is 6.20 Å². The molecule has 27 heavy (non-hydrogen) atoms. The van der Waals surface area contributed by atoms with E-state index < -0.39 is 0 Å². The molecule has 0 saturated carbocycles. The number of nitrogens with zero attached hydrogens (tertiary/aromatic N) is 3. The molecule has 1 aliphatic heterocycles. The highest BCUT2D eigenvalue weighted by Gasteiger charge is 2.11. The van der Waals surface area contributed by atoms with E-state index in [1.165, 1.54) is 42.6 Å². The van der Waals surface area contributed by atoms with Gasteiger partial charge in [0.05, 0.1) is 6.54 Å². The van der Waals surface area contributed by atoms with Crippen LogP contribution in [-0.2, 0) is 19.5 Å². The third-order valence-electron chi connectivity index (χ3n) is 4.82. The molecule has 2 aromatic rings. The maximum absolute atomic E-state index is 4.72. The average Bonchev–Trinajstić information content (AvgIpc) is 3.21. The quantitative estimate of drug-likeness (QED) is 0.558. The first-order chi connectivity index (χ1) is 13.3. The summed E-state index contributed by atoms with van der Waals surface area (Å²) >= 11 is 0. The van der Waals surface area contributed by atoms with Crippen LogP contribution in [0.1, 0.15) is 36.5 Å². The average molecular weight is 366 g/mol. The van der Waals surface area contributed by atoms with E-state index in [0.717, 1.165) is 32.0 Å². The molecule has 1 aromatic heterocycles. The van der Waals surface area contributed by atoms with Crippen LogP contribution in [0.4, 0.5) is 0 Å². The number of aromatic nitrogens is 1. The lowest BCUT2D eigenvalue weighted by atomic mass is 10.1. The standard InChI is InChI=1S/C22H31N5/c1-2-24-22(25-13-11-19-6-5-12-23-16-19)26-17-20-7-9-21(10-8-20)18-27-14-3-4-15-27/h5-10,12,16H,2-4,11,13-15,17-18H2,1H3,(H2,24,25,26). The van der Waals surface area contributed by atoms with E-state index in [0.29, 0.717) is 6.54 Å². The number of hydrogen-bond acceptors (Lipinski definition) is 3. The highest BCUT2D eigenvalue weighted by atomic mass is 15.2. The smallest absolute Gasteiger partial charge is 0.191 e. The lowest BCUT2D eigenvalue weighted by molar-refractivity contribution is 0.331. The van der Waals surface area contributed by atoms with Crippen LogP contribution >= 0.6 is 0 Å². The molecular formula is C22H31N5. The summed E-state index contributed by atoms with van der Waals surface area (Å²) < 4.78 is 0. The first-order valence-corrected chi connectivity index (χ1v) is 10.0. The Bertz CT molecular complexity index is 690. The van der Waals surface area contributed by atoms with Crippen molar-refractivity contribution in [2.45, 2.75) is 39.3 Å². The summed E-state index contributed by atoms with van der Waals surface area (Å²) in [6.07, 6.45) is 7.33. The van der Waals surface area contributed by atoms with Crippen LogP contribution in [0.2, 0.25) is 0 Å². The van der Waals surface area contributed by atoms with E-state index in [4.69, 9.17) is 4.99 Å². The molecule has 0 atom stereocenters. The Kier molecular flexibility index (Phi) is 7.66. The van der Waals surface area contributed by atoms with Gasteiger partial charge in [-0.1, -0.05) is 30.3 Å². The first-order valence-electron chi connectivity index (χ1n) is 10.0. The zero-order valence-electron chi connectivity index (χ0n) is 16.3. The van der Waals surface area contributed by atoms with Gasteiger partial charge in [-0.3, -0.25) is 9.88 Å². The fourth-order valence-electron chi connectivity index (χ4n) is 3.33. The van der Waals surface area contributed by atoms with Crippen molar-refractivity contribution in [3.63, 3.8) is 0 Å². The van der Waals surface area contributed by atoms with Crippen molar-refractivity contribution in [2.24, 2.45) is 4.99 Å². The van der Waals surface area contributed by atoms with Crippen LogP contribution < -0.4 is 10.6 Å². The molecule has 0 aliphatic carbocycles. The molecule has 0 spiro atoms. The van der Waals surface area contributed by atoms with E-state index >= 15 is 0 Å². The molecule has 144 valence electrons. The molecule has 1 fully saturated rings. The Hall–Kier alpha value is -2.40. The van der Waals surface area contributed by atoms with Gasteiger partial charge < -0.3 is 10.6 Å². The van der Waals surface area contributed by atoms with Crippen molar-refractivity contribution in [3.05, 3.63) is 65.5 Å². The monoisotopic (exact) mass is 365 g/mol. The zero-order chi connectivity index (χ0) is 18.7. The highest BCUT2D eigenvalue weighted by Crippen LogP contribution is 2.13. The minimum Gasteiger partial charge on any atom is -0.357 e. The van der Waals surface area contributed by atoms with Crippen molar-refractivity contribution in [3.8, 4) is 0 Å². The molecule has 1 saturated heterocycles.